The van der Waals surface area contributed by atoms with Crippen molar-refractivity contribution in [3.63, 3.8) is 0 Å². The summed E-state index contributed by atoms with van der Waals surface area (Å²) in [6.07, 6.45) is 2.01. The number of carbonyl (C=O) groups is 1. The topological polar surface area (TPSA) is 90.3 Å². The molecule has 8 nitrogen and oxygen atoms in total. The van der Waals surface area contributed by atoms with Crippen molar-refractivity contribution in [3.8, 4) is 5.75 Å². The maximum Gasteiger partial charge on any atom is 0.274 e. The van der Waals surface area contributed by atoms with Gasteiger partial charge in [0.2, 0.25) is 0 Å². The number of methoxy groups -OCH3 is 1. The second kappa shape index (κ2) is 11.0. The summed E-state index contributed by atoms with van der Waals surface area (Å²) in [5.41, 5.74) is 2.21. The van der Waals surface area contributed by atoms with Crippen LogP contribution in [0.15, 0.2) is 24.3 Å². The highest BCUT2D eigenvalue weighted by atomic mass is 35.5. The molecule has 2 N–H and O–H groups in total. The summed E-state index contributed by atoms with van der Waals surface area (Å²) in [4.78, 5) is 12.5. The van der Waals surface area contributed by atoms with Crippen LogP contribution in [0.5, 0.6) is 5.75 Å². The second-order valence-corrected chi connectivity index (χ2v) is 6.62. The lowest BCUT2D eigenvalue weighted by Gasteiger charge is -2.23. The molecule has 2 aromatic rings. The van der Waals surface area contributed by atoms with E-state index in [0.717, 1.165) is 42.9 Å². The van der Waals surface area contributed by atoms with E-state index < -0.39 is 0 Å². The Kier molecular flexibility index (Phi) is 8.69. The third-order valence-corrected chi connectivity index (χ3v) is 4.73. The summed E-state index contributed by atoms with van der Waals surface area (Å²) < 4.78 is 12.4. The number of nitrogens with one attached hydrogen (secondary N) is 2. The van der Waals surface area contributed by atoms with Gasteiger partial charge in [0.15, 0.2) is 5.69 Å². The zero-order valence-electron chi connectivity index (χ0n) is 16.3. The lowest BCUT2D eigenvalue weighted by Crippen LogP contribution is -2.30. The number of ether oxygens (including phenoxy) is 2. The predicted molar refractivity (Wildman–Crippen MR) is 108 cm³/mol. The smallest absolute Gasteiger partial charge is 0.274 e. The zero-order valence-corrected chi connectivity index (χ0v) is 17.1. The lowest BCUT2D eigenvalue weighted by molar-refractivity contribution is 0.0945. The molecule has 1 aromatic carbocycles. The summed E-state index contributed by atoms with van der Waals surface area (Å²) >= 11 is 0. The summed E-state index contributed by atoms with van der Waals surface area (Å²) in [5, 5.41) is 14.6. The first kappa shape index (κ1) is 22.1. The van der Waals surface area contributed by atoms with E-state index in [-0.39, 0.29) is 18.3 Å². The van der Waals surface area contributed by atoms with Gasteiger partial charge in [0, 0.05) is 13.7 Å². The van der Waals surface area contributed by atoms with Crippen LogP contribution in [-0.2, 0) is 11.3 Å². The molecular weight excluding hydrogens is 382 g/mol. The summed E-state index contributed by atoms with van der Waals surface area (Å²) in [6.45, 7) is 5.33. The Morgan fingerprint density at radius 1 is 1.25 bits per heavy atom. The minimum atomic E-state index is -0.201. The van der Waals surface area contributed by atoms with Crippen molar-refractivity contribution in [2.24, 2.45) is 0 Å². The fraction of sp³-hybridized carbons (Fsp3) is 0.526. The molecule has 0 aliphatic carbocycles. The first-order valence-corrected chi connectivity index (χ1v) is 9.30. The molecule has 0 bridgehead atoms. The van der Waals surface area contributed by atoms with E-state index in [1.165, 1.54) is 0 Å². The largest absolute Gasteiger partial charge is 0.491 e. The van der Waals surface area contributed by atoms with Gasteiger partial charge < -0.3 is 20.1 Å². The number of hydrogen-bond acceptors (Lipinski definition) is 6. The van der Waals surface area contributed by atoms with Crippen molar-refractivity contribution >= 4 is 18.3 Å². The number of benzene rings is 1. The van der Waals surface area contributed by atoms with Crippen molar-refractivity contribution in [2.45, 2.75) is 32.4 Å². The predicted octanol–water partition coefficient (Wildman–Crippen LogP) is 1.89. The van der Waals surface area contributed by atoms with Crippen LogP contribution in [0, 0.1) is 6.92 Å². The first-order valence-electron chi connectivity index (χ1n) is 9.30. The molecular formula is C19H28ClN5O3. The molecule has 0 spiro atoms. The quantitative estimate of drug-likeness (QED) is 0.647. The highest BCUT2D eigenvalue weighted by Crippen LogP contribution is 2.20. The molecule has 1 saturated heterocycles. The van der Waals surface area contributed by atoms with Crippen molar-refractivity contribution in [1.29, 1.82) is 0 Å². The minimum Gasteiger partial charge on any atom is -0.491 e. The van der Waals surface area contributed by atoms with E-state index in [1.807, 2.05) is 35.9 Å². The molecule has 1 fully saturated rings. The van der Waals surface area contributed by atoms with Crippen LogP contribution in [0.25, 0.3) is 0 Å². The van der Waals surface area contributed by atoms with E-state index in [9.17, 15) is 4.79 Å². The van der Waals surface area contributed by atoms with Gasteiger partial charge in [-0.3, -0.25) is 4.79 Å². The zero-order chi connectivity index (χ0) is 19.1. The van der Waals surface area contributed by atoms with Gasteiger partial charge in [0.05, 0.1) is 18.3 Å². The first-order chi connectivity index (χ1) is 13.2. The molecule has 9 heteroatoms. The molecule has 1 amide bonds. The molecule has 1 aromatic heterocycles. The summed E-state index contributed by atoms with van der Waals surface area (Å²) in [7, 11) is 1.64. The number of rotatable bonds is 8. The van der Waals surface area contributed by atoms with Gasteiger partial charge in [-0.1, -0.05) is 17.3 Å². The normalized spacial score (nSPS) is 14.4. The Labute approximate surface area is 171 Å². The Morgan fingerprint density at radius 3 is 2.64 bits per heavy atom. The van der Waals surface area contributed by atoms with Gasteiger partial charge in [-0.25, -0.2) is 4.68 Å². The molecule has 0 unspecified atom stereocenters. The molecule has 0 saturated carbocycles. The van der Waals surface area contributed by atoms with Crippen molar-refractivity contribution in [1.82, 2.24) is 25.6 Å². The molecule has 154 valence electrons. The van der Waals surface area contributed by atoms with E-state index in [2.05, 4.69) is 20.9 Å². The van der Waals surface area contributed by atoms with Gasteiger partial charge in [-0.15, -0.1) is 17.5 Å². The van der Waals surface area contributed by atoms with Crippen LogP contribution in [0.1, 0.15) is 40.6 Å². The average molecular weight is 410 g/mol. The van der Waals surface area contributed by atoms with Crippen LogP contribution in [0.3, 0.4) is 0 Å². The van der Waals surface area contributed by atoms with Crippen LogP contribution in [0.4, 0.5) is 0 Å². The molecule has 2 heterocycles. The molecule has 1 aliphatic rings. The third kappa shape index (κ3) is 5.67. The third-order valence-electron chi connectivity index (χ3n) is 4.73. The van der Waals surface area contributed by atoms with Crippen LogP contribution in [-0.4, -0.2) is 54.3 Å². The van der Waals surface area contributed by atoms with Crippen molar-refractivity contribution < 1.29 is 14.3 Å². The molecule has 1 aliphatic heterocycles. The van der Waals surface area contributed by atoms with E-state index >= 15 is 0 Å². The monoisotopic (exact) mass is 409 g/mol. The highest BCUT2D eigenvalue weighted by Gasteiger charge is 2.22. The number of hydrogen-bond donors (Lipinski definition) is 2. The number of carbonyl (C=O) groups excluding carboxylic acids is 1. The van der Waals surface area contributed by atoms with Crippen molar-refractivity contribution in [2.75, 3.05) is 33.4 Å². The number of amides is 1. The van der Waals surface area contributed by atoms with Gasteiger partial charge >= 0.3 is 0 Å². The SMILES string of the molecule is COCCOc1ccc(CNC(=O)c2nnn(C3CCNCC3)c2C)cc1.Cl. The standard InChI is InChI=1S/C19H27N5O3.ClH/c1-14-18(22-23-24(14)16-7-9-20-10-8-16)19(25)21-13-15-3-5-17(6-4-15)27-12-11-26-2;/h3-6,16,20H,7-13H2,1-2H3,(H,21,25);1H. The maximum atomic E-state index is 12.5. The Bertz CT molecular complexity index is 745. The van der Waals surface area contributed by atoms with Crippen LogP contribution < -0.4 is 15.4 Å². The van der Waals surface area contributed by atoms with Gasteiger partial charge in [0.1, 0.15) is 12.4 Å². The minimum absolute atomic E-state index is 0. The van der Waals surface area contributed by atoms with E-state index in [4.69, 9.17) is 9.47 Å². The number of halogens is 1. The Morgan fingerprint density at radius 2 is 1.96 bits per heavy atom. The number of nitrogens with zero attached hydrogens (tertiary/aromatic N) is 3. The van der Waals surface area contributed by atoms with E-state index in [1.54, 1.807) is 7.11 Å². The van der Waals surface area contributed by atoms with Gasteiger partial charge in [0.25, 0.3) is 5.91 Å². The number of aromatic nitrogens is 3. The molecule has 28 heavy (non-hydrogen) atoms. The average Bonchev–Trinajstić information content (AvgIpc) is 3.09. The summed E-state index contributed by atoms with van der Waals surface area (Å²) in [6, 6.07) is 7.94. The maximum absolute atomic E-state index is 12.5. The second-order valence-electron chi connectivity index (χ2n) is 6.62. The van der Waals surface area contributed by atoms with Gasteiger partial charge in [-0.2, -0.15) is 0 Å². The Hall–Kier alpha value is -2.16. The van der Waals surface area contributed by atoms with Gasteiger partial charge in [-0.05, 0) is 50.6 Å². The van der Waals surface area contributed by atoms with Crippen LogP contribution in [0.2, 0.25) is 0 Å². The molecule has 3 rings (SSSR count). The van der Waals surface area contributed by atoms with Crippen LogP contribution >= 0.6 is 12.4 Å². The molecule has 0 atom stereocenters. The molecule has 0 radical (unpaired) electrons. The highest BCUT2D eigenvalue weighted by molar-refractivity contribution is 5.93. The van der Waals surface area contributed by atoms with Crippen molar-refractivity contribution in [3.05, 3.63) is 41.2 Å². The Balaban J connectivity index is 0.00000280. The lowest BCUT2D eigenvalue weighted by atomic mass is 10.1. The fourth-order valence-corrected chi connectivity index (χ4v) is 3.16. The fourth-order valence-electron chi connectivity index (χ4n) is 3.16. The summed E-state index contributed by atoms with van der Waals surface area (Å²) in [5.74, 6) is 0.580. The van der Waals surface area contributed by atoms with E-state index in [0.29, 0.717) is 31.5 Å². The number of piperidine rings is 1.